The van der Waals surface area contributed by atoms with E-state index in [0.717, 1.165) is 19.4 Å². The quantitative estimate of drug-likeness (QED) is 0.799. The van der Waals surface area contributed by atoms with Crippen LogP contribution < -0.4 is 4.74 Å². The molecule has 1 aromatic rings. The van der Waals surface area contributed by atoms with E-state index in [2.05, 4.69) is 9.97 Å². The van der Waals surface area contributed by atoms with Crippen LogP contribution in [-0.4, -0.2) is 45.8 Å². The Labute approximate surface area is 124 Å². The van der Waals surface area contributed by atoms with Crippen LogP contribution in [0.3, 0.4) is 0 Å². The van der Waals surface area contributed by atoms with Crippen molar-refractivity contribution in [1.29, 1.82) is 0 Å². The summed E-state index contributed by atoms with van der Waals surface area (Å²) in [5, 5.41) is 0. The Hall–Kier alpha value is -1.36. The fourth-order valence-electron chi connectivity index (χ4n) is 2.22. The summed E-state index contributed by atoms with van der Waals surface area (Å²) in [5.41, 5.74) is -0.529. The number of piperidine rings is 1. The maximum Gasteiger partial charge on any atom is 0.229 e. The van der Waals surface area contributed by atoms with Gasteiger partial charge in [-0.05, 0) is 26.7 Å². The van der Waals surface area contributed by atoms with Gasteiger partial charge in [-0.15, -0.1) is 11.6 Å². The van der Waals surface area contributed by atoms with Gasteiger partial charge in [0.15, 0.2) is 0 Å². The zero-order valence-electron chi connectivity index (χ0n) is 11.9. The number of nitrogens with zero attached hydrogens (tertiary/aromatic N) is 3. The number of alkyl halides is 1. The van der Waals surface area contributed by atoms with Crippen LogP contribution in [0.5, 0.6) is 5.88 Å². The summed E-state index contributed by atoms with van der Waals surface area (Å²) in [7, 11) is 0. The van der Waals surface area contributed by atoms with Crippen LogP contribution in [0, 0.1) is 5.41 Å². The van der Waals surface area contributed by atoms with Gasteiger partial charge in [0.1, 0.15) is 12.4 Å². The smallest absolute Gasteiger partial charge is 0.229 e. The van der Waals surface area contributed by atoms with E-state index in [9.17, 15) is 4.79 Å². The van der Waals surface area contributed by atoms with Gasteiger partial charge >= 0.3 is 0 Å². The van der Waals surface area contributed by atoms with E-state index < -0.39 is 5.41 Å². The van der Waals surface area contributed by atoms with Crippen LogP contribution in [0.2, 0.25) is 0 Å². The van der Waals surface area contributed by atoms with Crippen molar-refractivity contribution in [2.45, 2.75) is 32.8 Å². The highest BCUT2D eigenvalue weighted by molar-refractivity contribution is 6.19. The van der Waals surface area contributed by atoms with Crippen molar-refractivity contribution < 1.29 is 9.53 Å². The van der Waals surface area contributed by atoms with Crippen LogP contribution in [0.1, 0.15) is 26.7 Å². The molecule has 6 heteroatoms. The maximum absolute atomic E-state index is 12.4. The predicted octanol–water partition coefficient (Wildman–Crippen LogP) is 2.11. The zero-order chi connectivity index (χ0) is 14.6. The van der Waals surface area contributed by atoms with Gasteiger partial charge in [0.05, 0.1) is 12.0 Å². The second kappa shape index (κ2) is 6.39. The molecule has 20 heavy (non-hydrogen) atoms. The predicted molar refractivity (Wildman–Crippen MR) is 76.8 cm³/mol. The molecule has 5 nitrogen and oxygen atoms in total. The summed E-state index contributed by atoms with van der Waals surface area (Å²) in [6.45, 7) is 5.10. The molecule has 1 atom stereocenters. The first-order valence-electron chi connectivity index (χ1n) is 6.81. The van der Waals surface area contributed by atoms with Crippen LogP contribution in [-0.2, 0) is 4.79 Å². The number of hydrogen-bond acceptors (Lipinski definition) is 4. The summed E-state index contributed by atoms with van der Waals surface area (Å²) in [4.78, 5) is 22.2. The number of aromatic nitrogens is 2. The number of ether oxygens (including phenoxy) is 1. The highest BCUT2D eigenvalue weighted by Crippen LogP contribution is 2.24. The molecule has 1 aliphatic heterocycles. The average molecular weight is 298 g/mol. The fraction of sp³-hybridized carbons (Fsp3) is 0.643. The van der Waals surface area contributed by atoms with E-state index in [4.69, 9.17) is 16.3 Å². The molecule has 2 rings (SSSR count). The molecule has 110 valence electrons. The summed E-state index contributed by atoms with van der Waals surface area (Å²) in [6, 6.07) is 1.73. The molecule has 0 bridgehead atoms. The largest absolute Gasteiger partial charge is 0.472 e. The monoisotopic (exact) mass is 297 g/mol. The first-order valence-corrected chi connectivity index (χ1v) is 7.34. The first-order chi connectivity index (χ1) is 9.53. The minimum atomic E-state index is -0.529. The molecule has 0 aliphatic carbocycles. The van der Waals surface area contributed by atoms with Crippen LogP contribution in [0.15, 0.2) is 18.6 Å². The van der Waals surface area contributed by atoms with Gasteiger partial charge in [0.25, 0.3) is 0 Å². The lowest BCUT2D eigenvalue weighted by molar-refractivity contribution is -0.142. The van der Waals surface area contributed by atoms with Crippen molar-refractivity contribution >= 4 is 17.5 Å². The Morgan fingerprint density at radius 1 is 1.60 bits per heavy atom. The summed E-state index contributed by atoms with van der Waals surface area (Å²) < 4.78 is 5.80. The fourth-order valence-corrected chi connectivity index (χ4v) is 2.34. The lowest BCUT2D eigenvalue weighted by Gasteiger charge is -2.36. The molecule has 2 heterocycles. The lowest BCUT2D eigenvalue weighted by atomic mass is 9.93. The molecule has 0 saturated carbocycles. The van der Waals surface area contributed by atoms with Crippen LogP contribution in [0.25, 0.3) is 0 Å². The van der Waals surface area contributed by atoms with E-state index in [1.165, 1.54) is 6.33 Å². The van der Waals surface area contributed by atoms with E-state index in [-0.39, 0.29) is 12.0 Å². The van der Waals surface area contributed by atoms with Gasteiger partial charge in [0, 0.05) is 24.7 Å². The Morgan fingerprint density at radius 3 is 3.05 bits per heavy atom. The van der Waals surface area contributed by atoms with Crippen molar-refractivity contribution in [2.75, 3.05) is 19.0 Å². The summed E-state index contributed by atoms with van der Waals surface area (Å²) in [6.07, 6.45) is 4.94. The zero-order valence-corrected chi connectivity index (χ0v) is 12.6. The molecule has 1 amide bonds. The molecule has 1 fully saturated rings. The molecule has 1 saturated heterocycles. The van der Waals surface area contributed by atoms with Crippen molar-refractivity contribution in [3.05, 3.63) is 18.6 Å². The topological polar surface area (TPSA) is 55.3 Å². The third-order valence-electron chi connectivity index (χ3n) is 3.42. The first kappa shape index (κ1) is 15.0. The second-order valence-electron chi connectivity index (χ2n) is 5.70. The Bertz CT molecular complexity index is 453. The summed E-state index contributed by atoms with van der Waals surface area (Å²) in [5.74, 6) is 0.958. The molecular weight excluding hydrogens is 278 g/mol. The van der Waals surface area contributed by atoms with E-state index >= 15 is 0 Å². The molecular formula is C14H20ClN3O2. The lowest BCUT2D eigenvalue weighted by Crippen LogP contribution is -2.49. The molecule has 0 aromatic carbocycles. The van der Waals surface area contributed by atoms with Crippen molar-refractivity contribution in [3.8, 4) is 5.88 Å². The van der Waals surface area contributed by atoms with Gasteiger partial charge in [-0.3, -0.25) is 4.79 Å². The van der Waals surface area contributed by atoms with Gasteiger partial charge in [0.2, 0.25) is 11.8 Å². The molecule has 0 spiro atoms. The van der Waals surface area contributed by atoms with E-state index in [1.54, 1.807) is 12.3 Å². The molecule has 1 unspecified atom stereocenters. The number of hydrogen-bond donors (Lipinski definition) is 0. The molecule has 1 aliphatic rings. The van der Waals surface area contributed by atoms with Crippen LogP contribution in [0.4, 0.5) is 0 Å². The second-order valence-corrected chi connectivity index (χ2v) is 5.97. The normalized spacial score (nSPS) is 19.8. The van der Waals surface area contributed by atoms with Gasteiger partial charge < -0.3 is 9.64 Å². The maximum atomic E-state index is 12.4. The molecule has 1 aromatic heterocycles. The molecule has 0 radical (unpaired) electrons. The Morgan fingerprint density at radius 2 is 2.40 bits per heavy atom. The van der Waals surface area contributed by atoms with Crippen molar-refractivity contribution in [3.63, 3.8) is 0 Å². The standard InChI is InChI=1S/C14H20ClN3O2/c1-14(2,9-15)13(19)18-7-3-4-11(8-18)20-12-5-6-16-10-17-12/h5-6,10-11H,3-4,7-9H2,1-2H3. The number of rotatable bonds is 4. The van der Waals surface area contributed by atoms with Crippen molar-refractivity contribution in [1.82, 2.24) is 14.9 Å². The number of carbonyl (C=O) groups is 1. The number of likely N-dealkylation sites (tertiary alicyclic amines) is 1. The summed E-state index contributed by atoms with van der Waals surface area (Å²) >= 11 is 5.88. The third-order valence-corrected chi connectivity index (χ3v) is 4.09. The van der Waals surface area contributed by atoms with Crippen LogP contribution >= 0.6 is 11.6 Å². The minimum Gasteiger partial charge on any atom is -0.472 e. The van der Waals surface area contributed by atoms with Gasteiger partial charge in [-0.25, -0.2) is 9.97 Å². The van der Waals surface area contributed by atoms with E-state index in [1.807, 2.05) is 18.7 Å². The number of amides is 1. The SMILES string of the molecule is CC(C)(CCl)C(=O)N1CCCC(Oc2ccncn2)C1. The van der Waals surface area contributed by atoms with Gasteiger partial charge in [-0.1, -0.05) is 0 Å². The van der Waals surface area contributed by atoms with Gasteiger partial charge in [-0.2, -0.15) is 0 Å². The highest BCUT2D eigenvalue weighted by atomic mass is 35.5. The van der Waals surface area contributed by atoms with Crippen molar-refractivity contribution in [2.24, 2.45) is 5.41 Å². The third kappa shape index (κ3) is 3.60. The number of carbonyl (C=O) groups excluding carboxylic acids is 1. The Kier molecular flexibility index (Phi) is 4.81. The minimum absolute atomic E-state index is 0.0197. The number of halogens is 1. The molecule has 0 N–H and O–H groups in total. The van der Waals surface area contributed by atoms with E-state index in [0.29, 0.717) is 18.3 Å². The Balaban J connectivity index is 1.97. The highest BCUT2D eigenvalue weighted by Gasteiger charge is 2.34. The average Bonchev–Trinajstić information content (AvgIpc) is 2.48.